The first-order valence-corrected chi connectivity index (χ1v) is 3.16. The van der Waals surface area contributed by atoms with Crippen LogP contribution in [-0.4, -0.2) is 28.7 Å². The molecule has 0 saturated carbocycles. The molecule has 1 rings (SSSR count). The van der Waals surface area contributed by atoms with Gasteiger partial charge in [-0.2, -0.15) is 0 Å². The van der Waals surface area contributed by atoms with E-state index in [9.17, 15) is 4.79 Å². The van der Waals surface area contributed by atoms with Crippen molar-refractivity contribution >= 4 is 5.91 Å². The van der Waals surface area contributed by atoms with Gasteiger partial charge in [0.2, 0.25) is 5.91 Å². The predicted molar refractivity (Wildman–Crippen MR) is 32.6 cm³/mol. The van der Waals surface area contributed by atoms with E-state index < -0.39 is 0 Å². The molecule has 3 nitrogen and oxygen atoms in total. The van der Waals surface area contributed by atoms with E-state index in [1.165, 1.54) is 4.90 Å². The first kappa shape index (κ1) is 6.55. The van der Waals surface area contributed by atoms with Gasteiger partial charge in [0, 0.05) is 12.5 Å². The molecule has 1 aliphatic rings. The predicted octanol–water partition coefficient (Wildman–Crippen LogP) is -0.0529. The largest absolute Gasteiger partial charge is 0.376 e. The fraction of sp³-hybridized carbons (Fsp3) is 0.833. The maximum atomic E-state index is 10.8. The average molecular weight is 129 g/mol. The van der Waals surface area contributed by atoms with Crippen LogP contribution in [0.3, 0.4) is 0 Å². The molecule has 1 N–H and O–H groups in total. The zero-order chi connectivity index (χ0) is 6.85. The van der Waals surface area contributed by atoms with Gasteiger partial charge in [-0.05, 0) is 13.3 Å². The smallest absolute Gasteiger partial charge is 0.224 e. The third-order valence-electron chi connectivity index (χ3n) is 1.78. The summed E-state index contributed by atoms with van der Waals surface area (Å²) in [5.41, 5.74) is 0. The summed E-state index contributed by atoms with van der Waals surface area (Å²) in [4.78, 5) is 12.3. The molecule has 0 aromatic carbocycles. The lowest BCUT2D eigenvalue weighted by Gasteiger charge is -2.17. The number of hydrogen-bond acceptors (Lipinski definition) is 2. The van der Waals surface area contributed by atoms with Gasteiger partial charge in [-0.1, -0.05) is 0 Å². The fourth-order valence-corrected chi connectivity index (χ4v) is 1.10. The number of rotatable bonds is 1. The fourth-order valence-electron chi connectivity index (χ4n) is 1.10. The van der Waals surface area contributed by atoms with Crippen LogP contribution in [0, 0.1) is 0 Å². The third kappa shape index (κ3) is 1.05. The van der Waals surface area contributed by atoms with Crippen LogP contribution in [0.5, 0.6) is 0 Å². The molecule has 0 aliphatic carbocycles. The van der Waals surface area contributed by atoms with Crippen LogP contribution in [0.1, 0.15) is 19.8 Å². The summed E-state index contributed by atoms with van der Waals surface area (Å²) in [5, 5.41) is 8.61. The van der Waals surface area contributed by atoms with Crippen molar-refractivity contribution in [3.05, 3.63) is 0 Å². The van der Waals surface area contributed by atoms with Gasteiger partial charge in [-0.15, -0.1) is 0 Å². The van der Waals surface area contributed by atoms with E-state index >= 15 is 0 Å². The number of hydrogen-bond donors (Lipinski definition) is 1. The highest BCUT2D eigenvalue weighted by molar-refractivity contribution is 5.78. The van der Waals surface area contributed by atoms with Crippen molar-refractivity contribution in [3.63, 3.8) is 0 Å². The Balaban J connectivity index is 2.55. The molecule has 1 unspecified atom stereocenters. The van der Waals surface area contributed by atoms with Crippen molar-refractivity contribution in [2.24, 2.45) is 0 Å². The van der Waals surface area contributed by atoms with Crippen LogP contribution >= 0.6 is 0 Å². The Kier molecular flexibility index (Phi) is 1.71. The molecule has 1 heterocycles. The minimum absolute atomic E-state index is 0.0741. The van der Waals surface area contributed by atoms with Crippen LogP contribution in [-0.2, 0) is 4.79 Å². The number of aliphatic hydroxyl groups is 1. The Labute approximate surface area is 54.3 Å². The second kappa shape index (κ2) is 2.35. The maximum absolute atomic E-state index is 10.8. The summed E-state index contributed by atoms with van der Waals surface area (Å²) in [6.07, 6.45) is 1.49. The highest BCUT2D eigenvalue weighted by Crippen LogP contribution is 2.16. The molecular weight excluding hydrogens is 118 g/mol. The third-order valence-corrected chi connectivity index (χ3v) is 1.78. The quantitative estimate of drug-likeness (QED) is 0.539. The topological polar surface area (TPSA) is 40.5 Å². The minimum atomic E-state index is -0.125. The van der Waals surface area contributed by atoms with E-state index in [0.717, 1.165) is 6.42 Å². The molecule has 9 heavy (non-hydrogen) atoms. The Morgan fingerprint density at radius 1 is 1.89 bits per heavy atom. The van der Waals surface area contributed by atoms with E-state index in [0.29, 0.717) is 6.42 Å². The summed E-state index contributed by atoms with van der Waals surface area (Å²) >= 11 is 0. The van der Waals surface area contributed by atoms with Gasteiger partial charge in [0.25, 0.3) is 0 Å². The molecule has 1 atom stereocenters. The van der Waals surface area contributed by atoms with E-state index in [4.69, 9.17) is 5.11 Å². The SMILES string of the molecule is CC1CCC(=O)N1CO. The lowest BCUT2D eigenvalue weighted by Crippen LogP contribution is -2.31. The highest BCUT2D eigenvalue weighted by atomic mass is 16.3. The van der Waals surface area contributed by atoms with Crippen LogP contribution in [0.4, 0.5) is 0 Å². The highest BCUT2D eigenvalue weighted by Gasteiger charge is 2.25. The van der Waals surface area contributed by atoms with Crippen molar-refractivity contribution in [1.29, 1.82) is 0 Å². The van der Waals surface area contributed by atoms with E-state index in [2.05, 4.69) is 0 Å². The zero-order valence-electron chi connectivity index (χ0n) is 5.50. The Morgan fingerprint density at radius 3 is 2.78 bits per heavy atom. The van der Waals surface area contributed by atoms with Gasteiger partial charge >= 0.3 is 0 Å². The molecule has 1 aliphatic heterocycles. The molecule has 0 aromatic rings. The summed E-state index contributed by atoms with van der Waals surface area (Å²) in [6, 6.07) is 0.238. The second-order valence-electron chi connectivity index (χ2n) is 2.39. The first-order valence-electron chi connectivity index (χ1n) is 3.16. The van der Waals surface area contributed by atoms with Crippen LogP contribution < -0.4 is 0 Å². The van der Waals surface area contributed by atoms with Gasteiger partial charge in [0.1, 0.15) is 6.73 Å². The summed E-state index contributed by atoms with van der Waals surface area (Å²) in [7, 11) is 0. The monoisotopic (exact) mass is 129 g/mol. The second-order valence-corrected chi connectivity index (χ2v) is 2.39. The number of carbonyl (C=O) groups is 1. The lowest BCUT2D eigenvalue weighted by molar-refractivity contribution is -0.132. The van der Waals surface area contributed by atoms with Crippen LogP contribution in [0.25, 0.3) is 0 Å². The van der Waals surface area contributed by atoms with E-state index in [1.54, 1.807) is 0 Å². The van der Waals surface area contributed by atoms with Crippen LogP contribution in [0.2, 0.25) is 0 Å². The minimum Gasteiger partial charge on any atom is -0.376 e. The first-order chi connectivity index (χ1) is 4.25. The number of likely N-dealkylation sites (tertiary alicyclic amines) is 1. The van der Waals surface area contributed by atoms with E-state index in [1.807, 2.05) is 6.92 Å². The summed E-state index contributed by atoms with van der Waals surface area (Å²) in [5.74, 6) is 0.0741. The van der Waals surface area contributed by atoms with Crippen molar-refractivity contribution < 1.29 is 9.90 Å². The molecule has 52 valence electrons. The molecule has 0 radical (unpaired) electrons. The summed E-state index contributed by atoms with van der Waals surface area (Å²) in [6.45, 7) is 1.82. The number of amides is 1. The molecule has 0 spiro atoms. The van der Waals surface area contributed by atoms with Crippen molar-refractivity contribution in [1.82, 2.24) is 4.90 Å². The molecule has 1 fully saturated rings. The van der Waals surface area contributed by atoms with Gasteiger partial charge in [-0.25, -0.2) is 0 Å². The van der Waals surface area contributed by atoms with Crippen molar-refractivity contribution in [2.45, 2.75) is 25.8 Å². The van der Waals surface area contributed by atoms with Gasteiger partial charge in [0.05, 0.1) is 0 Å². The Bertz CT molecular complexity index is 124. The summed E-state index contributed by atoms with van der Waals surface area (Å²) < 4.78 is 0. The van der Waals surface area contributed by atoms with E-state index in [-0.39, 0.29) is 18.7 Å². The molecule has 1 amide bonds. The van der Waals surface area contributed by atoms with Crippen molar-refractivity contribution in [3.8, 4) is 0 Å². The van der Waals surface area contributed by atoms with Gasteiger partial charge < -0.3 is 10.0 Å². The Hall–Kier alpha value is -0.570. The number of aliphatic hydroxyl groups excluding tert-OH is 1. The molecule has 1 saturated heterocycles. The van der Waals surface area contributed by atoms with Gasteiger partial charge in [0.15, 0.2) is 0 Å². The number of nitrogens with zero attached hydrogens (tertiary/aromatic N) is 1. The van der Waals surface area contributed by atoms with Gasteiger partial charge in [-0.3, -0.25) is 4.79 Å². The molecule has 0 aromatic heterocycles. The zero-order valence-corrected chi connectivity index (χ0v) is 5.50. The van der Waals surface area contributed by atoms with Crippen molar-refractivity contribution in [2.75, 3.05) is 6.73 Å². The molecule has 3 heteroatoms. The van der Waals surface area contributed by atoms with Crippen LogP contribution in [0.15, 0.2) is 0 Å². The normalized spacial score (nSPS) is 27.6. The average Bonchev–Trinajstić information content (AvgIpc) is 2.12. The molecular formula is C6H11NO2. The standard InChI is InChI=1S/C6H11NO2/c1-5-2-3-6(9)7(5)4-8/h5,8H,2-4H2,1H3. The lowest BCUT2D eigenvalue weighted by atomic mass is 10.2. The Morgan fingerprint density at radius 2 is 2.56 bits per heavy atom. The maximum Gasteiger partial charge on any atom is 0.224 e. The molecule has 0 bridgehead atoms. The number of carbonyl (C=O) groups excluding carboxylic acids is 1.